The maximum Gasteiger partial charge on any atom is 0.253 e. The summed E-state index contributed by atoms with van der Waals surface area (Å²) in [4.78, 5) is 16.1. The monoisotopic (exact) mass is 233 g/mol. The Morgan fingerprint density at radius 3 is 2.94 bits per heavy atom. The summed E-state index contributed by atoms with van der Waals surface area (Å²) >= 11 is 0. The summed E-state index contributed by atoms with van der Waals surface area (Å²) in [6.45, 7) is 3.28. The van der Waals surface area contributed by atoms with Gasteiger partial charge in [0.05, 0.1) is 5.56 Å². The van der Waals surface area contributed by atoms with Gasteiger partial charge in [-0.3, -0.25) is 9.78 Å². The smallest absolute Gasteiger partial charge is 0.253 e. The molecule has 1 aliphatic rings. The molecule has 0 unspecified atom stereocenters. The standard InChI is InChI=1S/C13H19N3O/c1-10-11(3-2-8-15-10)12(17)16-9-13(4-5-13)6-7-14/h2-3,8H,4-7,9,14H2,1H3,(H,16,17). The summed E-state index contributed by atoms with van der Waals surface area (Å²) < 4.78 is 0. The fraction of sp³-hybridized carbons (Fsp3) is 0.538. The Hall–Kier alpha value is -1.42. The Kier molecular flexibility index (Phi) is 3.43. The molecule has 1 saturated carbocycles. The molecule has 4 nitrogen and oxygen atoms in total. The second-order valence-corrected chi connectivity index (χ2v) is 4.86. The topological polar surface area (TPSA) is 68.0 Å². The van der Waals surface area contributed by atoms with Crippen LogP contribution in [0.15, 0.2) is 18.3 Å². The number of nitrogens with zero attached hydrogens (tertiary/aromatic N) is 1. The second kappa shape index (κ2) is 4.84. The number of aromatic nitrogens is 1. The number of rotatable bonds is 5. The minimum atomic E-state index is -0.0288. The van der Waals surface area contributed by atoms with E-state index in [-0.39, 0.29) is 11.3 Å². The molecule has 1 aromatic rings. The Bertz CT molecular complexity index is 413. The summed E-state index contributed by atoms with van der Waals surface area (Å²) in [5.74, 6) is -0.0288. The lowest BCUT2D eigenvalue weighted by Gasteiger charge is -2.15. The van der Waals surface area contributed by atoms with Gasteiger partial charge in [0.2, 0.25) is 0 Å². The maximum absolute atomic E-state index is 12.0. The zero-order chi connectivity index (χ0) is 12.3. The van der Waals surface area contributed by atoms with Crippen LogP contribution in [0.25, 0.3) is 0 Å². The molecular formula is C13H19N3O. The normalized spacial score (nSPS) is 16.6. The van der Waals surface area contributed by atoms with Gasteiger partial charge in [-0.05, 0) is 50.3 Å². The number of carbonyl (C=O) groups is 1. The molecule has 0 atom stereocenters. The van der Waals surface area contributed by atoms with Gasteiger partial charge >= 0.3 is 0 Å². The molecule has 0 aromatic carbocycles. The SMILES string of the molecule is Cc1ncccc1C(=O)NCC1(CCN)CC1. The maximum atomic E-state index is 12.0. The van der Waals surface area contributed by atoms with Crippen molar-refractivity contribution in [2.75, 3.05) is 13.1 Å². The first kappa shape index (κ1) is 12.0. The molecule has 3 N–H and O–H groups in total. The number of hydrogen-bond acceptors (Lipinski definition) is 3. The first-order valence-electron chi connectivity index (χ1n) is 6.07. The molecule has 92 valence electrons. The third-order valence-electron chi connectivity index (χ3n) is 3.51. The number of hydrogen-bond donors (Lipinski definition) is 2. The summed E-state index contributed by atoms with van der Waals surface area (Å²) in [5.41, 5.74) is 7.29. The lowest BCUT2D eigenvalue weighted by molar-refractivity contribution is 0.0943. The van der Waals surface area contributed by atoms with Crippen LogP contribution in [0, 0.1) is 12.3 Å². The van der Waals surface area contributed by atoms with Gasteiger partial charge < -0.3 is 11.1 Å². The van der Waals surface area contributed by atoms with E-state index in [0.717, 1.165) is 18.7 Å². The zero-order valence-corrected chi connectivity index (χ0v) is 10.2. The van der Waals surface area contributed by atoms with Crippen LogP contribution >= 0.6 is 0 Å². The summed E-state index contributed by atoms with van der Waals surface area (Å²) in [6.07, 6.45) is 5.05. The van der Waals surface area contributed by atoms with Crippen molar-refractivity contribution in [1.29, 1.82) is 0 Å². The van der Waals surface area contributed by atoms with Crippen LogP contribution in [0.4, 0.5) is 0 Å². The fourth-order valence-corrected chi connectivity index (χ4v) is 2.09. The van der Waals surface area contributed by atoms with E-state index in [1.807, 2.05) is 6.92 Å². The molecule has 0 aliphatic heterocycles. The highest BCUT2D eigenvalue weighted by Crippen LogP contribution is 2.47. The quantitative estimate of drug-likeness (QED) is 0.804. The number of aryl methyl sites for hydroxylation is 1. The first-order chi connectivity index (χ1) is 8.17. The Morgan fingerprint density at radius 2 is 2.35 bits per heavy atom. The predicted molar refractivity (Wildman–Crippen MR) is 66.6 cm³/mol. The highest BCUT2D eigenvalue weighted by atomic mass is 16.1. The Labute approximate surface area is 102 Å². The molecule has 4 heteroatoms. The minimum absolute atomic E-state index is 0.0288. The van der Waals surface area contributed by atoms with Crippen molar-refractivity contribution >= 4 is 5.91 Å². The van der Waals surface area contributed by atoms with Crippen molar-refractivity contribution in [3.8, 4) is 0 Å². The molecule has 1 heterocycles. The number of carbonyl (C=O) groups excluding carboxylic acids is 1. The number of pyridine rings is 1. The van der Waals surface area contributed by atoms with Gasteiger partial charge in [-0.25, -0.2) is 0 Å². The van der Waals surface area contributed by atoms with Crippen molar-refractivity contribution in [3.05, 3.63) is 29.6 Å². The van der Waals surface area contributed by atoms with Crippen LogP contribution in [-0.4, -0.2) is 24.0 Å². The van der Waals surface area contributed by atoms with E-state index >= 15 is 0 Å². The summed E-state index contributed by atoms with van der Waals surface area (Å²) in [5, 5.41) is 2.99. The van der Waals surface area contributed by atoms with Gasteiger partial charge in [0.1, 0.15) is 0 Å². The third-order valence-corrected chi connectivity index (χ3v) is 3.51. The molecule has 17 heavy (non-hydrogen) atoms. The molecule has 1 amide bonds. The van der Waals surface area contributed by atoms with E-state index < -0.39 is 0 Å². The molecular weight excluding hydrogens is 214 g/mol. The molecule has 0 radical (unpaired) electrons. The highest BCUT2D eigenvalue weighted by Gasteiger charge is 2.41. The number of nitrogens with one attached hydrogen (secondary N) is 1. The Morgan fingerprint density at radius 1 is 1.59 bits per heavy atom. The highest BCUT2D eigenvalue weighted by molar-refractivity contribution is 5.95. The molecule has 1 aromatic heterocycles. The van der Waals surface area contributed by atoms with Crippen molar-refractivity contribution in [2.45, 2.75) is 26.2 Å². The molecule has 0 spiro atoms. The molecule has 0 bridgehead atoms. The fourth-order valence-electron chi connectivity index (χ4n) is 2.09. The van der Waals surface area contributed by atoms with Gasteiger partial charge in [-0.1, -0.05) is 0 Å². The number of nitrogens with two attached hydrogens (primary N) is 1. The van der Waals surface area contributed by atoms with E-state index in [1.54, 1.807) is 18.3 Å². The number of amides is 1. The first-order valence-corrected chi connectivity index (χ1v) is 6.07. The molecule has 2 rings (SSSR count). The van der Waals surface area contributed by atoms with E-state index in [9.17, 15) is 4.79 Å². The zero-order valence-electron chi connectivity index (χ0n) is 10.2. The predicted octanol–water partition coefficient (Wildman–Crippen LogP) is 1.25. The largest absolute Gasteiger partial charge is 0.351 e. The van der Waals surface area contributed by atoms with E-state index in [2.05, 4.69) is 10.3 Å². The van der Waals surface area contributed by atoms with Crippen LogP contribution in [0.2, 0.25) is 0 Å². The average Bonchev–Trinajstić information content (AvgIpc) is 3.08. The van der Waals surface area contributed by atoms with Crippen LogP contribution in [0.3, 0.4) is 0 Å². The van der Waals surface area contributed by atoms with Gasteiger partial charge in [-0.2, -0.15) is 0 Å². The molecule has 1 fully saturated rings. The molecule has 0 saturated heterocycles. The lowest BCUT2D eigenvalue weighted by Crippen LogP contribution is -2.31. The minimum Gasteiger partial charge on any atom is -0.351 e. The van der Waals surface area contributed by atoms with Crippen molar-refractivity contribution in [3.63, 3.8) is 0 Å². The Balaban J connectivity index is 1.92. The second-order valence-electron chi connectivity index (χ2n) is 4.86. The van der Waals surface area contributed by atoms with Crippen molar-refractivity contribution in [1.82, 2.24) is 10.3 Å². The van der Waals surface area contributed by atoms with Crippen LogP contribution in [0.5, 0.6) is 0 Å². The lowest BCUT2D eigenvalue weighted by atomic mass is 10.0. The van der Waals surface area contributed by atoms with Crippen LogP contribution in [-0.2, 0) is 0 Å². The van der Waals surface area contributed by atoms with Crippen LogP contribution in [0.1, 0.15) is 35.3 Å². The summed E-state index contributed by atoms with van der Waals surface area (Å²) in [7, 11) is 0. The molecule has 1 aliphatic carbocycles. The van der Waals surface area contributed by atoms with E-state index in [4.69, 9.17) is 5.73 Å². The van der Waals surface area contributed by atoms with Gasteiger partial charge in [0.15, 0.2) is 0 Å². The summed E-state index contributed by atoms with van der Waals surface area (Å²) in [6, 6.07) is 3.59. The third kappa shape index (κ3) is 2.82. The van der Waals surface area contributed by atoms with E-state index in [0.29, 0.717) is 12.1 Å². The average molecular weight is 233 g/mol. The van der Waals surface area contributed by atoms with Gasteiger partial charge in [-0.15, -0.1) is 0 Å². The van der Waals surface area contributed by atoms with Crippen LogP contribution < -0.4 is 11.1 Å². The van der Waals surface area contributed by atoms with Crippen molar-refractivity contribution < 1.29 is 4.79 Å². The van der Waals surface area contributed by atoms with Crippen molar-refractivity contribution in [2.24, 2.45) is 11.1 Å². The van der Waals surface area contributed by atoms with Gasteiger partial charge in [0.25, 0.3) is 5.91 Å². The van der Waals surface area contributed by atoms with E-state index in [1.165, 1.54) is 12.8 Å². The van der Waals surface area contributed by atoms with Gasteiger partial charge in [0, 0.05) is 18.4 Å².